The van der Waals surface area contributed by atoms with Gasteiger partial charge in [-0.05, 0) is 56.3 Å². The molecule has 3 rings (SSSR count). The molecular weight excluding hydrogens is 482 g/mol. The second-order valence-electron chi connectivity index (χ2n) is 8.53. The number of ether oxygens (including phenoxy) is 1. The molecule has 0 amide bonds. The lowest BCUT2D eigenvalue weighted by Gasteiger charge is -2.26. The normalized spacial score (nSPS) is 15.6. The second kappa shape index (κ2) is 12.0. The van der Waals surface area contributed by atoms with Crippen molar-refractivity contribution in [1.29, 1.82) is 0 Å². The molecule has 184 valence electrons. The molecule has 0 saturated carbocycles. The summed E-state index contributed by atoms with van der Waals surface area (Å²) < 4.78 is 33.7. The number of unbranched alkanes of at least 4 members (excludes halogenated alkanes) is 1. The first kappa shape index (κ1) is 26.4. The lowest BCUT2D eigenvalue weighted by atomic mass is 9.92. The summed E-state index contributed by atoms with van der Waals surface area (Å²) in [5.41, 5.74) is 0.865. The number of sulfonamides is 1. The first-order valence-electron chi connectivity index (χ1n) is 11.5. The summed E-state index contributed by atoms with van der Waals surface area (Å²) in [4.78, 5) is 6.80. The molecule has 1 aliphatic heterocycles. The van der Waals surface area contributed by atoms with E-state index >= 15 is 0 Å². The third kappa shape index (κ3) is 7.63. The summed E-state index contributed by atoms with van der Waals surface area (Å²) in [6, 6.07) is 5.12. The average Bonchev–Trinajstić information content (AvgIpc) is 3.22. The number of hydrogen-bond acceptors (Lipinski definition) is 7. The van der Waals surface area contributed by atoms with Crippen LogP contribution in [0.2, 0.25) is 5.02 Å². The van der Waals surface area contributed by atoms with E-state index < -0.39 is 15.6 Å². The first-order valence-corrected chi connectivity index (χ1v) is 14.3. The molecule has 0 spiro atoms. The fourth-order valence-corrected chi connectivity index (χ4v) is 6.38. The van der Waals surface area contributed by atoms with Crippen LogP contribution in [0, 0.1) is 0 Å². The van der Waals surface area contributed by atoms with Crippen molar-refractivity contribution in [1.82, 2.24) is 9.88 Å². The van der Waals surface area contributed by atoms with E-state index in [1.807, 2.05) is 19.9 Å². The number of rotatable bonds is 12. The summed E-state index contributed by atoms with van der Waals surface area (Å²) >= 11 is 7.55. The highest BCUT2D eigenvalue weighted by Gasteiger charge is 2.25. The summed E-state index contributed by atoms with van der Waals surface area (Å²) in [5, 5.41) is 12.8. The van der Waals surface area contributed by atoms with Crippen LogP contribution in [0.15, 0.2) is 28.5 Å². The smallest absolute Gasteiger partial charge is 0.265 e. The zero-order chi connectivity index (χ0) is 23.9. The van der Waals surface area contributed by atoms with Gasteiger partial charge in [-0.15, -0.1) is 11.3 Å². The first-order chi connectivity index (χ1) is 15.7. The molecule has 1 aromatic carbocycles. The molecule has 0 aliphatic carbocycles. The lowest BCUT2D eigenvalue weighted by molar-refractivity contribution is 0.0319. The van der Waals surface area contributed by atoms with E-state index in [1.54, 1.807) is 17.5 Å². The Morgan fingerprint density at radius 1 is 1.24 bits per heavy atom. The van der Waals surface area contributed by atoms with Crippen LogP contribution in [0.1, 0.15) is 50.8 Å². The summed E-state index contributed by atoms with van der Waals surface area (Å²) in [5.74, 6) is 0. The minimum Gasteiger partial charge on any atom is -0.390 e. The second-order valence-corrected chi connectivity index (χ2v) is 11.4. The highest BCUT2D eigenvalue weighted by Crippen LogP contribution is 2.28. The largest absolute Gasteiger partial charge is 0.390 e. The van der Waals surface area contributed by atoms with Crippen molar-refractivity contribution in [2.45, 2.75) is 62.9 Å². The molecule has 1 fully saturated rings. The zero-order valence-electron chi connectivity index (χ0n) is 19.3. The van der Waals surface area contributed by atoms with Crippen LogP contribution in [0.4, 0.5) is 5.13 Å². The molecule has 0 atom stereocenters. The maximum absolute atomic E-state index is 12.9. The number of hydrogen-bond donors (Lipinski definition) is 2. The molecule has 0 radical (unpaired) electrons. The van der Waals surface area contributed by atoms with Crippen molar-refractivity contribution < 1.29 is 18.3 Å². The Bertz CT molecular complexity index is 1000. The van der Waals surface area contributed by atoms with Crippen LogP contribution < -0.4 is 4.72 Å². The van der Waals surface area contributed by atoms with Crippen molar-refractivity contribution in [2.75, 3.05) is 37.6 Å². The summed E-state index contributed by atoms with van der Waals surface area (Å²) in [6.45, 7) is 8.50. The molecular formula is C23H34ClN3O4S2. The van der Waals surface area contributed by atoms with Gasteiger partial charge in [0.25, 0.3) is 10.0 Å². The van der Waals surface area contributed by atoms with E-state index in [-0.39, 0.29) is 15.0 Å². The predicted molar refractivity (Wildman–Crippen MR) is 134 cm³/mol. The van der Waals surface area contributed by atoms with Crippen LogP contribution in [0.25, 0.3) is 0 Å². The number of aryl methyl sites for hydroxylation is 1. The van der Waals surface area contributed by atoms with Gasteiger partial charge in [-0.2, -0.15) is 0 Å². The van der Waals surface area contributed by atoms with E-state index in [4.69, 9.17) is 16.3 Å². The third-order valence-electron chi connectivity index (χ3n) is 6.18. The maximum atomic E-state index is 12.9. The number of halogens is 1. The standard InChI is InChI=1S/C23H34ClN3O4S2/c1-3-23(28,4-2)16-19-17-32-22(25-19)26-33(29,30)21-9-8-18(15-20(21)24)7-5-6-10-27-11-13-31-14-12-27/h8-9,15,17,28H,3-7,10-14,16H2,1-2H3,(H,25,26). The Balaban J connectivity index is 1.56. The van der Waals surface area contributed by atoms with Gasteiger partial charge in [-0.1, -0.05) is 31.5 Å². The van der Waals surface area contributed by atoms with Crippen molar-refractivity contribution >= 4 is 38.1 Å². The number of aliphatic hydroxyl groups is 1. The van der Waals surface area contributed by atoms with Gasteiger partial charge < -0.3 is 9.84 Å². The predicted octanol–water partition coefficient (Wildman–Crippen LogP) is 4.35. The molecule has 10 heteroatoms. The Labute approximate surface area is 206 Å². The van der Waals surface area contributed by atoms with E-state index in [0.717, 1.165) is 57.7 Å². The number of morpholine rings is 1. The highest BCUT2D eigenvalue weighted by molar-refractivity contribution is 7.93. The maximum Gasteiger partial charge on any atom is 0.265 e. The van der Waals surface area contributed by atoms with Gasteiger partial charge in [0.1, 0.15) is 4.90 Å². The molecule has 7 nitrogen and oxygen atoms in total. The Morgan fingerprint density at radius 2 is 1.97 bits per heavy atom. The molecule has 33 heavy (non-hydrogen) atoms. The van der Waals surface area contributed by atoms with Gasteiger partial charge in [0, 0.05) is 24.9 Å². The van der Waals surface area contributed by atoms with E-state index in [2.05, 4.69) is 14.6 Å². The Kier molecular flexibility index (Phi) is 9.55. The monoisotopic (exact) mass is 515 g/mol. The van der Waals surface area contributed by atoms with E-state index in [1.165, 1.54) is 11.3 Å². The fraction of sp³-hybridized carbons (Fsp3) is 0.609. The average molecular weight is 516 g/mol. The molecule has 1 aromatic heterocycles. The van der Waals surface area contributed by atoms with Crippen molar-refractivity contribution in [3.05, 3.63) is 39.9 Å². The number of benzene rings is 1. The molecule has 0 bridgehead atoms. The molecule has 2 aromatic rings. The Morgan fingerprint density at radius 3 is 2.64 bits per heavy atom. The lowest BCUT2D eigenvalue weighted by Crippen LogP contribution is -2.36. The number of nitrogens with zero attached hydrogens (tertiary/aromatic N) is 2. The molecule has 2 heterocycles. The van der Waals surface area contributed by atoms with Gasteiger partial charge in [0.05, 0.1) is 29.5 Å². The number of anilines is 1. The number of aromatic nitrogens is 1. The van der Waals surface area contributed by atoms with Gasteiger partial charge in [-0.3, -0.25) is 9.62 Å². The van der Waals surface area contributed by atoms with Crippen LogP contribution in [0.3, 0.4) is 0 Å². The van der Waals surface area contributed by atoms with E-state index in [9.17, 15) is 13.5 Å². The van der Waals surface area contributed by atoms with Crippen molar-refractivity contribution in [2.24, 2.45) is 0 Å². The van der Waals surface area contributed by atoms with Gasteiger partial charge in [-0.25, -0.2) is 13.4 Å². The topological polar surface area (TPSA) is 91.8 Å². The molecule has 1 saturated heterocycles. The SMILES string of the molecule is CCC(O)(CC)Cc1csc(NS(=O)(=O)c2ccc(CCCCN3CCOCC3)cc2Cl)n1. The third-order valence-corrected chi connectivity index (χ3v) is 8.94. The Hall–Kier alpha value is -1.23. The molecule has 1 aliphatic rings. The minimum atomic E-state index is -3.86. The zero-order valence-corrected chi connectivity index (χ0v) is 21.7. The van der Waals surface area contributed by atoms with Crippen molar-refractivity contribution in [3.8, 4) is 0 Å². The van der Waals surface area contributed by atoms with Gasteiger partial charge in [0.15, 0.2) is 5.13 Å². The van der Waals surface area contributed by atoms with Gasteiger partial charge >= 0.3 is 0 Å². The van der Waals surface area contributed by atoms with Crippen molar-refractivity contribution in [3.63, 3.8) is 0 Å². The van der Waals surface area contributed by atoms with Crippen LogP contribution in [0.5, 0.6) is 0 Å². The number of nitrogens with one attached hydrogen (secondary N) is 1. The van der Waals surface area contributed by atoms with Crippen LogP contribution >= 0.6 is 22.9 Å². The summed E-state index contributed by atoms with van der Waals surface area (Å²) in [6.07, 6.45) is 4.55. The minimum absolute atomic E-state index is 0.0385. The van der Waals surface area contributed by atoms with Crippen LogP contribution in [-0.2, 0) is 27.6 Å². The highest BCUT2D eigenvalue weighted by atomic mass is 35.5. The van der Waals surface area contributed by atoms with Crippen LogP contribution in [-0.4, -0.2) is 61.9 Å². The van der Waals surface area contributed by atoms with Gasteiger partial charge in [0.2, 0.25) is 0 Å². The van der Waals surface area contributed by atoms with E-state index in [0.29, 0.717) is 25.0 Å². The summed E-state index contributed by atoms with van der Waals surface area (Å²) in [7, 11) is -3.86. The molecule has 2 N–H and O–H groups in total. The number of thiazole rings is 1. The quantitative estimate of drug-likeness (QED) is 0.408. The fourth-order valence-electron chi connectivity index (χ4n) is 3.85. The molecule has 0 unspecified atom stereocenters.